The van der Waals surface area contributed by atoms with Crippen molar-refractivity contribution in [3.8, 4) is 5.75 Å². The summed E-state index contributed by atoms with van der Waals surface area (Å²) in [4.78, 5) is 0. The number of benzene rings is 1. The Hall–Kier alpha value is -1.02. The maximum absolute atomic E-state index is 5.93. The highest BCUT2D eigenvalue weighted by Gasteiger charge is 2.24. The molecule has 2 atom stereocenters. The van der Waals surface area contributed by atoms with E-state index in [4.69, 9.17) is 4.74 Å². The van der Waals surface area contributed by atoms with Gasteiger partial charge in [-0.05, 0) is 49.9 Å². The zero-order chi connectivity index (χ0) is 14.4. The Balaban J connectivity index is 2.07. The molecule has 0 spiro atoms. The molecule has 20 heavy (non-hydrogen) atoms. The van der Waals surface area contributed by atoms with Crippen LogP contribution in [0.25, 0.3) is 0 Å². The average Bonchev–Trinajstić information content (AvgIpc) is 3.27. The van der Waals surface area contributed by atoms with Gasteiger partial charge < -0.3 is 10.1 Å². The van der Waals surface area contributed by atoms with E-state index in [1.807, 2.05) is 0 Å². The number of hydrogen-bond acceptors (Lipinski definition) is 2. The van der Waals surface area contributed by atoms with Crippen molar-refractivity contribution in [3.05, 3.63) is 29.8 Å². The van der Waals surface area contributed by atoms with Crippen LogP contribution in [0.5, 0.6) is 5.75 Å². The molecule has 0 radical (unpaired) electrons. The van der Waals surface area contributed by atoms with Crippen molar-refractivity contribution in [2.24, 2.45) is 5.92 Å². The third-order valence-corrected chi connectivity index (χ3v) is 4.28. The van der Waals surface area contributed by atoms with Crippen LogP contribution >= 0.6 is 0 Å². The van der Waals surface area contributed by atoms with Gasteiger partial charge >= 0.3 is 0 Å². The first-order chi connectivity index (χ1) is 9.78. The highest BCUT2D eigenvalue weighted by molar-refractivity contribution is 5.31. The molecule has 1 aliphatic rings. The van der Waals surface area contributed by atoms with E-state index < -0.39 is 0 Å². The lowest BCUT2D eigenvalue weighted by atomic mass is 9.87. The average molecular weight is 275 g/mol. The molecule has 2 rings (SSSR count). The second-order valence-corrected chi connectivity index (χ2v) is 5.97. The third-order valence-electron chi connectivity index (χ3n) is 4.28. The van der Waals surface area contributed by atoms with E-state index in [2.05, 4.69) is 50.5 Å². The normalized spacial score (nSPS) is 17.8. The Morgan fingerprint density at radius 3 is 2.70 bits per heavy atom. The molecule has 1 N–H and O–H groups in total. The Labute approximate surface area is 123 Å². The van der Waals surface area contributed by atoms with Crippen LogP contribution in [0.2, 0.25) is 0 Å². The van der Waals surface area contributed by atoms with Gasteiger partial charge in [-0.2, -0.15) is 0 Å². The van der Waals surface area contributed by atoms with Crippen molar-refractivity contribution >= 4 is 0 Å². The van der Waals surface area contributed by atoms with E-state index >= 15 is 0 Å². The summed E-state index contributed by atoms with van der Waals surface area (Å²) in [5, 5.41) is 3.52. The number of hydrogen-bond donors (Lipinski definition) is 1. The van der Waals surface area contributed by atoms with Gasteiger partial charge in [-0.3, -0.25) is 0 Å². The summed E-state index contributed by atoms with van der Waals surface area (Å²) in [6.45, 7) is 4.57. The van der Waals surface area contributed by atoms with Gasteiger partial charge in [0.1, 0.15) is 5.75 Å². The smallest absolute Gasteiger partial charge is 0.120 e. The quantitative estimate of drug-likeness (QED) is 0.705. The fraction of sp³-hybridized carbons (Fsp3) is 0.667. The molecule has 0 saturated heterocycles. The highest BCUT2D eigenvalue weighted by atomic mass is 16.5. The van der Waals surface area contributed by atoms with Crippen molar-refractivity contribution in [2.75, 3.05) is 7.05 Å². The molecule has 2 unspecified atom stereocenters. The standard InChI is InChI=1S/C18H29NO/c1-4-6-8-14(5-2)18(19-3)15-9-7-10-17(13-15)20-16-11-12-16/h7,9-10,13-14,16,18-19H,4-6,8,11-12H2,1-3H3. The zero-order valence-corrected chi connectivity index (χ0v) is 13.2. The first kappa shape index (κ1) is 15.4. The van der Waals surface area contributed by atoms with Crippen molar-refractivity contribution in [1.29, 1.82) is 0 Å². The molecular weight excluding hydrogens is 246 g/mol. The lowest BCUT2D eigenvalue weighted by Gasteiger charge is -2.27. The van der Waals surface area contributed by atoms with Gasteiger partial charge in [-0.15, -0.1) is 0 Å². The number of unbranched alkanes of at least 4 members (excludes halogenated alkanes) is 1. The Morgan fingerprint density at radius 1 is 1.30 bits per heavy atom. The van der Waals surface area contributed by atoms with Crippen molar-refractivity contribution in [2.45, 2.75) is 64.5 Å². The van der Waals surface area contributed by atoms with Gasteiger partial charge in [-0.1, -0.05) is 45.2 Å². The predicted octanol–water partition coefficient (Wildman–Crippen LogP) is 4.70. The zero-order valence-electron chi connectivity index (χ0n) is 13.2. The second-order valence-electron chi connectivity index (χ2n) is 5.97. The SMILES string of the molecule is CCCCC(CC)C(NC)c1cccc(OC2CC2)c1. The van der Waals surface area contributed by atoms with Crippen LogP contribution in [0, 0.1) is 5.92 Å². The van der Waals surface area contributed by atoms with Gasteiger partial charge in [0.25, 0.3) is 0 Å². The van der Waals surface area contributed by atoms with E-state index in [9.17, 15) is 0 Å². The minimum absolute atomic E-state index is 0.439. The summed E-state index contributed by atoms with van der Waals surface area (Å²) in [6.07, 6.45) is 8.01. The first-order valence-electron chi connectivity index (χ1n) is 8.22. The fourth-order valence-electron chi connectivity index (χ4n) is 2.91. The fourth-order valence-corrected chi connectivity index (χ4v) is 2.91. The maximum Gasteiger partial charge on any atom is 0.120 e. The van der Waals surface area contributed by atoms with Gasteiger partial charge in [0.15, 0.2) is 0 Å². The summed E-state index contributed by atoms with van der Waals surface area (Å²) in [5.74, 6) is 1.74. The van der Waals surface area contributed by atoms with Crippen LogP contribution < -0.4 is 10.1 Å². The minimum atomic E-state index is 0.439. The van der Waals surface area contributed by atoms with Gasteiger partial charge in [0.2, 0.25) is 0 Å². The lowest BCUT2D eigenvalue weighted by molar-refractivity contribution is 0.300. The molecule has 0 heterocycles. The van der Waals surface area contributed by atoms with E-state index in [-0.39, 0.29) is 0 Å². The summed E-state index contributed by atoms with van der Waals surface area (Å²) >= 11 is 0. The molecule has 1 saturated carbocycles. The Morgan fingerprint density at radius 2 is 2.10 bits per heavy atom. The molecule has 0 amide bonds. The minimum Gasteiger partial charge on any atom is -0.490 e. The Kier molecular flexibility index (Phi) is 5.90. The van der Waals surface area contributed by atoms with Gasteiger partial charge in [0, 0.05) is 6.04 Å². The van der Waals surface area contributed by atoms with E-state index in [0.29, 0.717) is 18.1 Å². The lowest BCUT2D eigenvalue weighted by Crippen LogP contribution is -2.25. The number of ether oxygens (including phenoxy) is 1. The number of nitrogens with one attached hydrogen (secondary N) is 1. The monoisotopic (exact) mass is 275 g/mol. The van der Waals surface area contributed by atoms with E-state index in [1.165, 1.54) is 44.1 Å². The summed E-state index contributed by atoms with van der Waals surface area (Å²) in [6, 6.07) is 9.11. The van der Waals surface area contributed by atoms with E-state index in [0.717, 1.165) is 5.75 Å². The largest absolute Gasteiger partial charge is 0.490 e. The molecule has 1 aromatic carbocycles. The van der Waals surface area contributed by atoms with Crippen LogP contribution in [0.15, 0.2) is 24.3 Å². The second kappa shape index (κ2) is 7.68. The first-order valence-corrected chi connectivity index (χ1v) is 8.22. The summed E-state index contributed by atoms with van der Waals surface area (Å²) < 4.78 is 5.93. The van der Waals surface area contributed by atoms with E-state index in [1.54, 1.807) is 0 Å². The summed E-state index contributed by atoms with van der Waals surface area (Å²) in [7, 11) is 2.08. The molecule has 1 aliphatic carbocycles. The number of rotatable bonds is 9. The molecule has 0 bridgehead atoms. The van der Waals surface area contributed by atoms with Crippen molar-refractivity contribution in [3.63, 3.8) is 0 Å². The predicted molar refractivity (Wildman–Crippen MR) is 85.2 cm³/mol. The molecule has 1 aromatic rings. The molecule has 112 valence electrons. The van der Waals surface area contributed by atoms with Crippen LogP contribution in [-0.4, -0.2) is 13.2 Å². The summed E-state index contributed by atoms with van der Waals surface area (Å²) in [5.41, 5.74) is 1.37. The molecule has 1 fully saturated rings. The third kappa shape index (κ3) is 4.24. The van der Waals surface area contributed by atoms with Gasteiger partial charge in [0.05, 0.1) is 6.10 Å². The van der Waals surface area contributed by atoms with Gasteiger partial charge in [-0.25, -0.2) is 0 Å². The molecular formula is C18H29NO. The highest BCUT2D eigenvalue weighted by Crippen LogP contribution is 2.32. The van der Waals surface area contributed by atoms with Crippen molar-refractivity contribution in [1.82, 2.24) is 5.32 Å². The topological polar surface area (TPSA) is 21.3 Å². The van der Waals surface area contributed by atoms with Crippen LogP contribution in [-0.2, 0) is 0 Å². The van der Waals surface area contributed by atoms with Crippen LogP contribution in [0.1, 0.15) is 64.0 Å². The maximum atomic E-state index is 5.93. The molecule has 2 heteroatoms. The Bertz CT molecular complexity index is 400. The van der Waals surface area contributed by atoms with Crippen LogP contribution in [0.3, 0.4) is 0 Å². The van der Waals surface area contributed by atoms with Crippen LogP contribution in [0.4, 0.5) is 0 Å². The molecule has 0 aromatic heterocycles. The van der Waals surface area contributed by atoms with Crippen molar-refractivity contribution < 1.29 is 4.74 Å². The molecule has 0 aliphatic heterocycles. The molecule has 2 nitrogen and oxygen atoms in total.